The van der Waals surface area contributed by atoms with Gasteiger partial charge in [0.1, 0.15) is 17.6 Å². The third kappa shape index (κ3) is 5.83. The molecule has 1 unspecified atom stereocenters. The molecular weight excluding hydrogens is 486 g/mol. The number of aromatic nitrogens is 4. The second-order valence-electron chi connectivity index (χ2n) is 10.7. The maximum atomic E-state index is 13.9. The van der Waals surface area contributed by atoms with E-state index in [1.807, 2.05) is 50.6 Å². The van der Waals surface area contributed by atoms with Crippen LogP contribution in [0.1, 0.15) is 87.3 Å². The number of halogens is 2. The summed E-state index contributed by atoms with van der Waals surface area (Å²) in [7, 11) is 0.575. The molecule has 4 N–H and O–H groups in total. The van der Waals surface area contributed by atoms with Gasteiger partial charge in [-0.2, -0.15) is 9.31 Å². The van der Waals surface area contributed by atoms with Gasteiger partial charge in [0, 0.05) is 31.6 Å². The molecule has 1 aromatic carbocycles. The summed E-state index contributed by atoms with van der Waals surface area (Å²) in [5.74, 6) is -2.63. The van der Waals surface area contributed by atoms with Gasteiger partial charge in [0.2, 0.25) is 16.9 Å². The molecule has 0 bridgehead atoms. The Morgan fingerprint density at radius 1 is 1.28 bits per heavy atom. The highest BCUT2D eigenvalue weighted by Gasteiger charge is 2.39. The normalized spacial score (nSPS) is 19.2. The third-order valence-electron chi connectivity index (χ3n) is 6.85. The number of carbonyl (C=O) groups is 1. The van der Waals surface area contributed by atoms with Crippen molar-refractivity contribution < 1.29 is 22.5 Å². The zero-order valence-electron chi connectivity index (χ0n) is 21.3. The van der Waals surface area contributed by atoms with Gasteiger partial charge in [-0.3, -0.25) is 14.2 Å². The van der Waals surface area contributed by atoms with Crippen LogP contribution >= 0.6 is 0 Å². The van der Waals surface area contributed by atoms with Crippen molar-refractivity contribution in [2.24, 2.45) is 13.0 Å². The number of hydrogen-bond donors (Lipinski definition) is 3. The molecule has 1 aliphatic carbocycles. The van der Waals surface area contributed by atoms with Gasteiger partial charge in [-0.05, 0) is 64.7 Å². The molecule has 196 valence electrons. The number of nitrogens with two attached hydrogens (primary N) is 1. The van der Waals surface area contributed by atoms with E-state index < -0.39 is 22.9 Å². The lowest BCUT2D eigenvalue weighted by molar-refractivity contribution is -0.537. The molecule has 3 aromatic rings. The molecule has 1 fully saturated rings. The van der Waals surface area contributed by atoms with Crippen LogP contribution in [0.5, 0.6) is 0 Å². The Hall–Kier alpha value is -2.66. The van der Waals surface area contributed by atoms with Gasteiger partial charge in [0.25, 0.3) is 5.91 Å². The Morgan fingerprint density at radius 3 is 2.58 bits per heavy atom. The summed E-state index contributed by atoms with van der Waals surface area (Å²) in [6, 6.07) is 6.86. The molecule has 2 aromatic heterocycles. The molecule has 0 aliphatic heterocycles. The Kier molecular flexibility index (Phi) is 7.34. The second-order valence-corrected chi connectivity index (χ2v) is 12.8. The minimum atomic E-state index is -2.67. The van der Waals surface area contributed by atoms with E-state index in [0.717, 1.165) is 16.6 Å². The molecule has 36 heavy (non-hydrogen) atoms. The summed E-state index contributed by atoms with van der Waals surface area (Å²) in [6.07, 6.45) is 1.70. The number of hydrogen-bond acceptors (Lipinski definition) is 4. The first-order valence-corrected chi connectivity index (χ1v) is 13.5. The van der Waals surface area contributed by atoms with Crippen molar-refractivity contribution >= 4 is 27.9 Å². The summed E-state index contributed by atoms with van der Waals surface area (Å²) in [5, 5.41) is 7.08. The number of nitrogens with zero attached hydrogens (tertiary/aromatic N) is 3. The van der Waals surface area contributed by atoms with Crippen molar-refractivity contribution in [1.29, 1.82) is 0 Å². The summed E-state index contributed by atoms with van der Waals surface area (Å²) in [6.45, 7) is 7.83. The maximum Gasteiger partial charge on any atom is 0.270 e. The fourth-order valence-corrected chi connectivity index (χ4v) is 5.50. The Labute approximate surface area is 212 Å². The molecule has 0 saturated heterocycles. The Morgan fingerprint density at radius 2 is 1.97 bits per heavy atom. The highest BCUT2D eigenvalue weighted by Crippen LogP contribution is 2.41. The summed E-state index contributed by atoms with van der Waals surface area (Å²) < 4.78 is 43.3. The summed E-state index contributed by atoms with van der Waals surface area (Å²) >= 11 is 0. The van der Waals surface area contributed by atoms with Gasteiger partial charge >= 0.3 is 0 Å². The minimum Gasteiger partial charge on any atom is -0.340 e. The van der Waals surface area contributed by atoms with Crippen LogP contribution in [0.15, 0.2) is 30.5 Å². The topological polar surface area (TPSA) is 109 Å². The van der Waals surface area contributed by atoms with E-state index in [-0.39, 0.29) is 48.3 Å². The highest BCUT2D eigenvalue weighted by molar-refractivity contribution is 7.79. The van der Waals surface area contributed by atoms with E-state index in [9.17, 15) is 17.8 Å². The van der Waals surface area contributed by atoms with Gasteiger partial charge in [-0.1, -0.05) is 6.07 Å². The number of quaternary nitrogens is 1. The van der Waals surface area contributed by atoms with Crippen molar-refractivity contribution in [2.75, 3.05) is 0 Å². The smallest absolute Gasteiger partial charge is 0.270 e. The monoisotopic (exact) mass is 521 g/mol. The number of H-pyrrole nitrogens is 1. The van der Waals surface area contributed by atoms with E-state index in [1.54, 1.807) is 19.3 Å². The van der Waals surface area contributed by atoms with Gasteiger partial charge in [-0.15, -0.1) is 0 Å². The van der Waals surface area contributed by atoms with E-state index in [1.165, 1.54) is 4.68 Å². The molecule has 0 spiro atoms. The van der Waals surface area contributed by atoms with E-state index in [4.69, 9.17) is 4.98 Å². The largest absolute Gasteiger partial charge is 0.340 e. The van der Waals surface area contributed by atoms with Crippen molar-refractivity contribution in [2.45, 2.75) is 76.1 Å². The predicted octanol–water partition coefficient (Wildman–Crippen LogP) is 3.68. The van der Waals surface area contributed by atoms with E-state index in [0.29, 0.717) is 11.5 Å². The zero-order chi connectivity index (χ0) is 26.3. The van der Waals surface area contributed by atoms with Crippen LogP contribution < -0.4 is 10.0 Å². The number of rotatable bonds is 7. The first-order chi connectivity index (χ1) is 16.8. The number of aryl methyl sites for hydroxylation is 1. The van der Waals surface area contributed by atoms with Crippen molar-refractivity contribution in [3.05, 3.63) is 47.5 Å². The average Bonchev–Trinajstić information content (AvgIpc) is 3.42. The molecule has 8 nitrogen and oxygen atoms in total. The van der Waals surface area contributed by atoms with E-state index in [2.05, 4.69) is 15.4 Å². The van der Waals surface area contributed by atoms with Crippen LogP contribution in [0.2, 0.25) is 0 Å². The Bertz CT molecular complexity index is 1250. The lowest BCUT2D eigenvalue weighted by atomic mass is 9.81. The quantitative estimate of drug-likeness (QED) is 0.441. The number of nitrogens with one attached hydrogen (secondary N) is 2. The Balaban J connectivity index is 1.62. The van der Waals surface area contributed by atoms with Gasteiger partial charge in [-0.25, -0.2) is 13.8 Å². The number of amides is 1. The lowest BCUT2D eigenvalue weighted by Gasteiger charge is -2.33. The van der Waals surface area contributed by atoms with Gasteiger partial charge < -0.3 is 10.3 Å². The van der Waals surface area contributed by atoms with Gasteiger partial charge in [0.05, 0.1) is 21.8 Å². The lowest BCUT2D eigenvalue weighted by Crippen LogP contribution is -2.87. The van der Waals surface area contributed by atoms with Crippen LogP contribution in [0.4, 0.5) is 8.78 Å². The standard InChI is InChI=1S/C25H34F2N6O2S/c1-15(32-36(35)24(2,3)4)17-6-7-18-19(14-17)30-22(29-18)21(16-8-11-25(26,27)12-9-16)31-23(34)20-10-13-28-33(20)5/h6-7,10,13-16,21,32H,8-9,11-12H2,1-5H3,(H,29,30)(H,31,34)/p+1/t15-,21+,36?/m1/s1. The fourth-order valence-electron chi connectivity index (χ4n) is 4.56. The van der Waals surface area contributed by atoms with Crippen LogP contribution in [0, 0.1) is 5.92 Å². The number of fused-ring (bicyclic) bond motifs is 1. The maximum absolute atomic E-state index is 13.9. The molecule has 1 amide bonds. The summed E-state index contributed by atoms with van der Waals surface area (Å²) in [5.41, 5.74) is 2.88. The number of aromatic amines is 1. The van der Waals surface area contributed by atoms with Crippen molar-refractivity contribution in [3.8, 4) is 0 Å². The number of alkyl halides is 2. The van der Waals surface area contributed by atoms with Crippen molar-refractivity contribution in [3.63, 3.8) is 0 Å². The first-order valence-electron chi connectivity index (χ1n) is 12.3. The highest BCUT2D eigenvalue weighted by atomic mass is 32.2. The molecule has 3 atom stereocenters. The van der Waals surface area contributed by atoms with Crippen LogP contribution in [0.3, 0.4) is 0 Å². The molecular formula is C25H35F2N6O2S+. The average molecular weight is 522 g/mol. The molecule has 1 saturated carbocycles. The minimum absolute atomic E-state index is 0.0397. The predicted molar refractivity (Wildman–Crippen MR) is 135 cm³/mol. The van der Waals surface area contributed by atoms with Crippen LogP contribution in [-0.4, -0.2) is 40.5 Å². The second kappa shape index (κ2) is 10.0. The molecule has 2 heterocycles. The van der Waals surface area contributed by atoms with Crippen LogP contribution in [0.25, 0.3) is 11.0 Å². The fraction of sp³-hybridized carbons (Fsp3) is 0.560. The number of imidazole rings is 1. The molecule has 1 aliphatic rings. The van der Waals surface area contributed by atoms with E-state index >= 15 is 0 Å². The SMILES string of the molecule is C[C@@H]([NH2+]S(=O)C(C)(C)C)c1ccc2nc([C@@H](NC(=O)c3ccnn3C)C3CCC(F)(F)CC3)[nH]c2c1. The third-order valence-corrected chi connectivity index (χ3v) is 8.71. The van der Waals surface area contributed by atoms with Crippen molar-refractivity contribution in [1.82, 2.24) is 25.1 Å². The van der Waals surface area contributed by atoms with Crippen LogP contribution in [-0.2, 0) is 18.0 Å². The molecule has 11 heteroatoms. The number of benzene rings is 1. The number of carbonyl (C=O) groups excluding carboxylic acids is 1. The first kappa shape index (κ1) is 26.4. The summed E-state index contributed by atoms with van der Waals surface area (Å²) in [4.78, 5) is 21.1. The molecule has 0 radical (unpaired) electrons. The zero-order valence-corrected chi connectivity index (χ0v) is 22.2. The molecule has 4 rings (SSSR count). The van der Waals surface area contributed by atoms with Gasteiger partial charge in [0.15, 0.2) is 0 Å².